The highest BCUT2D eigenvalue weighted by Gasteiger charge is 2.52. The van der Waals surface area contributed by atoms with Gasteiger partial charge in [-0.3, -0.25) is 28.8 Å². The van der Waals surface area contributed by atoms with Crippen LogP contribution in [-0.4, -0.2) is 162 Å². The van der Waals surface area contributed by atoms with E-state index in [9.17, 15) is 69.6 Å². The van der Waals surface area contributed by atoms with Gasteiger partial charge in [-0.2, -0.15) is 10.2 Å². The number of hydrogen-bond acceptors (Lipinski definition) is 24. The van der Waals surface area contributed by atoms with Crippen molar-refractivity contribution in [2.24, 2.45) is 21.7 Å². The summed E-state index contributed by atoms with van der Waals surface area (Å²) in [5.74, 6) is -7.09. The molecule has 26 nitrogen and oxygen atoms in total. The van der Waals surface area contributed by atoms with Gasteiger partial charge in [0, 0.05) is 96.8 Å². The first-order valence-electron chi connectivity index (χ1n) is 28.1. The Balaban J connectivity index is 0.817. The number of rotatable bonds is 15. The molecule has 26 heteroatoms. The van der Waals surface area contributed by atoms with Crippen molar-refractivity contribution in [1.82, 2.24) is 10.9 Å². The number of nitrogens with one attached hydrogen (secondary N) is 2. The number of fused-ring (bicyclic) bond motifs is 6. The topological polar surface area (TPSA) is 420 Å². The minimum absolute atomic E-state index is 0.0342. The van der Waals surface area contributed by atoms with Crippen molar-refractivity contribution in [2.75, 3.05) is 14.2 Å². The third-order valence-electron chi connectivity index (χ3n) is 17.4. The van der Waals surface area contributed by atoms with Crippen molar-refractivity contribution in [3.63, 3.8) is 0 Å². The number of hydrogen-bond donors (Lipinski definition) is 12. The van der Waals surface area contributed by atoms with Crippen molar-refractivity contribution in [1.29, 1.82) is 0 Å². The molecule has 12 atom stereocenters. The molecule has 0 saturated carbocycles. The van der Waals surface area contributed by atoms with Crippen LogP contribution in [0.3, 0.4) is 0 Å². The van der Waals surface area contributed by atoms with E-state index in [1.165, 1.54) is 64.5 Å². The second-order valence-corrected chi connectivity index (χ2v) is 22.8. The number of hydrazone groups is 2. The van der Waals surface area contributed by atoms with Crippen LogP contribution in [0.25, 0.3) is 0 Å². The van der Waals surface area contributed by atoms with Gasteiger partial charge in [-0.1, -0.05) is 24.3 Å². The van der Waals surface area contributed by atoms with Crippen LogP contribution < -0.4 is 31.8 Å². The van der Waals surface area contributed by atoms with E-state index in [-0.39, 0.29) is 119 Å². The Morgan fingerprint density at radius 2 is 0.953 bits per heavy atom. The van der Waals surface area contributed by atoms with Gasteiger partial charge in [0.2, 0.25) is 23.4 Å². The monoisotopic (exact) mass is 1190 g/mol. The summed E-state index contributed by atoms with van der Waals surface area (Å²) in [7, 11) is 2.62. The number of carbonyl (C=O) groups is 6. The van der Waals surface area contributed by atoms with E-state index in [0.29, 0.717) is 0 Å². The zero-order valence-corrected chi connectivity index (χ0v) is 47.8. The van der Waals surface area contributed by atoms with Crippen molar-refractivity contribution in [2.45, 2.75) is 164 Å². The van der Waals surface area contributed by atoms with Crippen LogP contribution in [0.2, 0.25) is 0 Å². The molecule has 0 aromatic heterocycles. The third-order valence-corrected chi connectivity index (χ3v) is 17.4. The number of ether oxygens (including phenoxy) is 6. The minimum Gasteiger partial charge on any atom is -0.507 e. The number of ketones is 4. The Kier molecular flexibility index (Phi) is 16.8. The minimum atomic E-state index is -2.04. The lowest BCUT2D eigenvalue weighted by Gasteiger charge is -2.42. The lowest BCUT2D eigenvalue weighted by Crippen LogP contribution is -2.52. The number of unbranched alkanes of at least 4 members (excludes halogenated alkanes) is 1. The van der Waals surface area contributed by atoms with Gasteiger partial charge in [0.1, 0.15) is 45.7 Å². The molecule has 2 aliphatic heterocycles. The maximum absolute atomic E-state index is 14.1. The van der Waals surface area contributed by atoms with E-state index < -0.39 is 166 Å². The Bertz CT molecular complexity index is 3320. The fourth-order valence-corrected chi connectivity index (χ4v) is 12.5. The summed E-state index contributed by atoms with van der Waals surface area (Å²) in [6.45, 7) is 5.95. The van der Waals surface area contributed by atoms with E-state index in [4.69, 9.17) is 39.9 Å². The Labute approximate surface area is 491 Å². The number of nitrogens with zero attached hydrogens (tertiary/aromatic N) is 2. The number of benzene rings is 4. The number of phenolic OH excluding ortho intramolecular Hbond substituents is 4. The molecule has 2 heterocycles. The molecule has 4 aromatic carbocycles. The second kappa shape index (κ2) is 23.5. The molecular weight excluding hydrogens is 1120 g/mol. The first-order valence-corrected chi connectivity index (χ1v) is 28.1. The van der Waals surface area contributed by atoms with Gasteiger partial charge in [0.15, 0.2) is 24.1 Å². The normalized spacial score (nSPS) is 28.7. The summed E-state index contributed by atoms with van der Waals surface area (Å²) in [6.07, 6.45) is -10.5. The summed E-state index contributed by atoms with van der Waals surface area (Å²) in [5, 5.41) is 102. The largest absolute Gasteiger partial charge is 0.507 e. The van der Waals surface area contributed by atoms with Crippen molar-refractivity contribution >= 4 is 46.4 Å². The average molecular weight is 1190 g/mol. The molecule has 2 fully saturated rings. The molecule has 6 aliphatic rings. The van der Waals surface area contributed by atoms with Crippen molar-refractivity contribution in [3.8, 4) is 34.5 Å². The molecule has 2 amide bonds. The van der Waals surface area contributed by atoms with Crippen LogP contribution in [-0.2, 0) is 41.4 Å². The van der Waals surface area contributed by atoms with Crippen molar-refractivity contribution in [3.05, 3.63) is 103 Å². The first kappa shape index (κ1) is 61.3. The van der Waals surface area contributed by atoms with Gasteiger partial charge in [0.05, 0.1) is 95.6 Å². The second-order valence-electron chi connectivity index (χ2n) is 22.8. The van der Waals surface area contributed by atoms with Gasteiger partial charge in [-0.15, -0.1) is 0 Å². The highest BCUT2D eigenvalue weighted by atomic mass is 16.7. The average Bonchev–Trinajstić information content (AvgIpc) is 0.750. The highest BCUT2D eigenvalue weighted by molar-refractivity contribution is 6.32. The number of aliphatic hydroxyl groups excluding tert-OH is 2. The van der Waals surface area contributed by atoms with Crippen molar-refractivity contribution < 1.29 is 98.0 Å². The highest BCUT2D eigenvalue weighted by Crippen LogP contribution is 2.55. The standard InChI is InChI=1S/C60H68N6O20/c1-23-49(69)31(61)17-39(83-23)85-35-21-59(79,19-29-43(35)57(77)47-45(53(29)73)51(71)27-11-9-13-33(81-5)41(27)55(47)75)25(3)63-65-37(67)15-7-8-16-38(68)66-64-26(4)60(80)20-30-44(36(22-60)86-40-18-32(62)50(70)24(2)84-40)58(78)48-46(54(30)74)52(72)28-12-10-14-34(82-6)42(28)56(48)76/h9-14,23-24,31-32,35-36,39-40,49-50,69-70,73-74,77-80H,7-8,15-22,61-62H2,1-6H3,(H,65,67)(H,66,68). The SMILES string of the molecule is COc1cccc2c1C(=O)c1c(O)c3c(c(O)c1C2=O)CC(O)(C(C)=NNC(=O)CCCCC(=O)NN=C(C)C1(O)Cc2c(O)c4c(c(O)c2C(OC2CC(N)C(O)C(C)O2)C1)C(=O)c1c(OC)cccc1C4=O)CC3OC1CC(N)C(O)C(C)O1. The van der Waals surface area contributed by atoms with Crippen LogP contribution in [0.15, 0.2) is 46.6 Å². The van der Waals surface area contributed by atoms with Gasteiger partial charge in [-0.05, 0) is 52.7 Å². The Morgan fingerprint density at radius 1 is 0.593 bits per heavy atom. The zero-order valence-electron chi connectivity index (χ0n) is 47.8. The fraction of sp³-hybridized carbons (Fsp3) is 0.467. The maximum Gasteiger partial charge on any atom is 0.240 e. The number of methoxy groups -OCH3 is 2. The molecule has 0 radical (unpaired) electrons. The molecule has 0 bridgehead atoms. The Morgan fingerprint density at radius 3 is 1.30 bits per heavy atom. The number of aliphatic hydroxyl groups is 4. The van der Waals surface area contributed by atoms with E-state index in [2.05, 4.69) is 21.1 Å². The van der Waals surface area contributed by atoms with Crippen LogP contribution in [0, 0.1) is 0 Å². The van der Waals surface area contributed by atoms with E-state index >= 15 is 0 Å². The molecule has 14 N–H and O–H groups in total. The van der Waals surface area contributed by atoms with Gasteiger partial charge < -0.3 is 80.7 Å². The summed E-state index contributed by atoms with van der Waals surface area (Å²) >= 11 is 0. The fourth-order valence-electron chi connectivity index (χ4n) is 12.5. The third kappa shape index (κ3) is 10.7. The summed E-state index contributed by atoms with van der Waals surface area (Å²) in [4.78, 5) is 82.9. The number of carbonyl (C=O) groups excluding carboxylic acids is 6. The summed E-state index contributed by atoms with van der Waals surface area (Å²) in [6, 6.07) is 7.08. The summed E-state index contributed by atoms with van der Waals surface area (Å²) in [5.41, 5.74) is 10.0. The molecule has 0 spiro atoms. The summed E-state index contributed by atoms with van der Waals surface area (Å²) < 4.78 is 35.2. The number of amides is 2. The predicted octanol–water partition coefficient (Wildman–Crippen LogP) is 2.44. The smallest absolute Gasteiger partial charge is 0.240 e. The molecule has 86 heavy (non-hydrogen) atoms. The number of aromatic hydroxyl groups is 4. The quantitative estimate of drug-likeness (QED) is 0.0304. The van der Waals surface area contributed by atoms with Gasteiger partial charge >= 0.3 is 0 Å². The van der Waals surface area contributed by atoms with Gasteiger partial charge in [0.25, 0.3) is 0 Å². The Hall–Kier alpha value is -7.76. The molecule has 4 aliphatic carbocycles. The zero-order chi connectivity index (χ0) is 62.2. The first-order chi connectivity index (χ1) is 40.7. The molecular formula is C60H68N6O20. The lowest BCUT2D eigenvalue weighted by molar-refractivity contribution is -0.246. The molecule has 10 rings (SSSR count). The maximum atomic E-state index is 14.1. The van der Waals surface area contributed by atoms with E-state index in [0.717, 1.165) is 0 Å². The number of nitrogens with two attached hydrogens (primary N) is 2. The molecule has 4 aromatic rings. The van der Waals surface area contributed by atoms with Gasteiger partial charge in [-0.25, -0.2) is 10.9 Å². The molecule has 2 saturated heterocycles. The van der Waals surface area contributed by atoms with Crippen LogP contribution in [0.1, 0.15) is 177 Å². The lowest BCUT2D eigenvalue weighted by atomic mass is 9.71. The molecule has 458 valence electrons. The van der Waals surface area contributed by atoms with Crippen LogP contribution >= 0.6 is 0 Å². The van der Waals surface area contributed by atoms with Crippen LogP contribution in [0.5, 0.6) is 34.5 Å². The molecule has 12 unspecified atom stereocenters. The van der Waals surface area contributed by atoms with E-state index in [1.807, 2.05) is 0 Å². The predicted molar refractivity (Wildman–Crippen MR) is 300 cm³/mol. The van der Waals surface area contributed by atoms with E-state index in [1.54, 1.807) is 13.8 Å². The van der Waals surface area contributed by atoms with Crippen LogP contribution in [0.4, 0.5) is 0 Å². The number of phenols is 4.